The van der Waals surface area contributed by atoms with E-state index in [1.54, 1.807) is 4.52 Å². The Morgan fingerprint density at radius 1 is 1.21 bits per heavy atom. The number of nitrogens with two attached hydrogens (primary N) is 1. The zero-order valence-corrected chi connectivity index (χ0v) is 10.7. The van der Waals surface area contributed by atoms with Gasteiger partial charge in [0.25, 0.3) is 0 Å². The molecule has 5 heteroatoms. The van der Waals surface area contributed by atoms with E-state index in [1.165, 1.54) is 0 Å². The minimum atomic E-state index is 0.631. The summed E-state index contributed by atoms with van der Waals surface area (Å²) in [5.41, 5.74) is 9.55. The molecule has 0 saturated carbocycles. The highest BCUT2D eigenvalue weighted by molar-refractivity contribution is 5.50. The van der Waals surface area contributed by atoms with Gasteiger partial charge in [-0.1, -0.05) is 18.2 Å². The van der Waals surface area contributed by atoms with Crippen LogP contribution in [-0.2, 0) is 6.54 Å². The smallest absolute Gasteiger partial charge is 0.243 e. The molecule has 0 unspecified atom stereocenters. The largest absolute Gasteiger partial charge is 0.399 e. The molecule has 0 aliphatic rings. The molecule has 2 aromatic heterocycles. The molecule has 0 aliphatic carbocycles. The first-order chi connectivity index (χ1) is 9.22. The minimum absolute atomic E-state index is 0.631. The summed E-state index contributed by atoms with van der Waals surface area (Å²) in [4.78, 5) is 4.46. The van der Waals surface area contributed by atoms with E-state index in [9.17, 15) is 0 Å². The van der Waals surface area contributed by atoms with Gasteiger partial charge in [-0.15, -0.1) is 5.10 Å². The highest BCUT2D eigenvalue weighted by Gasteiger charge is 2.04. The lowest BCUT2D eigenvalue weighted by Crippen LogP contribution is -2.01. The molecule has 0 aliphatic heterocycles. The fourth-order valence-electron chi connectivity index (χ4n) is 1.93. The monoisotopic (exact) mass is 253 g/mol. The Morgan fingerprint density at radius 3 is 2.74 bits per heavy atom. The van der Waals surface area contributed by atoms with Crippen LogP contribution in [0.1, 0.15) is 11.1 Å². The standard InChI is InChI=1S/C14H15N5/c1-10-3-2-8-19-13(10)17-14(18-19)16-9-11-4-6-12(15)7-5-11/h2-8H,9,15H2,1H3,(H,16,18). The van der Waals surface area contributed by atoms with E-state index in [4.69, 9.17) is 5.73 Å². The maximum atomic E-state index is 5.65. The Bertz CT molecular complexity index is 699. The van der Waals surface area contributed by atoms with Crippen LogP contribution in [0, 0.1) is 6.92 Å². The van der Waals surface area contributed by atoms with Gasteiger partial charge in [0.05, 0.1) is 0 Å². The highest BCUT2D eigenvalue weighted by Crippen LogP contribution is 2.11. The summed E-state index contributed by atoms with van der Waals surface area (Å²) in [6.45, 7) is 2.70. The Balaban J connectivity index is 1.78. The first-order valence-electron chi connectivity index (χ1n) is 6.13. The Morgan fingerprint density at radius 2 is 2.00 bits per heavy atom. The average Bonchev–Trinajstić information content (AvgIpc) is 2.83. The van der Waals surface area contributed by atoms with Gasteiger partial charge < -0.3 is 11.1 Å². The summed E-state index contributed by atoms with van der Waals surface area (Å²) in [7, 11) is 0. The number of aromatic nitrogens is 3. The zero-order valence-electron chi connectivity index (χ0n) is 10.7. The summed E-state index contributed by atoms with van der Waals surface area (Å²) in [5.74, 6) is 0.631. The summed E-state index contributed by atoms with van der Waals surface area (Å²) >= 11 is 0. The number of nitrogen functional groups attached to an aromatic ring is 1. The number of rotatable bonds is 3. The second-order valence-electron chi connectivity index (χ2n) is 4.49. The minimum Gasteiger partial charge on any atom is -0.399 e. The number of nitrogens with zero attached hydrogens (tertiary/aromatic N) is 3. The molecule has 19 heavy (non-hydrogen) atoms. The molecular weight excluding hydrogens is 238 g/mol. The number of nitrogens with one attached hydrogen (secondary N) is 1. The molecule has 0 fully saturated rings. The molecule has 5 nitrogen and oxygen atoms in total. The first kappa shape index (κ1) is 11.5. The maximum absolute atomic E-state index is 5.65. The molecule has 0 amide bonds. The molecular formula is C14H15N5. The van der Waals surface area contributed by atoms with Crippen molar-refractivity contribution in [3.63, 3.8) is 0 Å². The van der Waals surface area contributed by atoms with Crippen LogP contribution >= 0.6 is 0 Å². The summed E-state index contributed by atoms with van der Waals surface area (Å²) in [6.07, 6.45) is 1.89. The molecule has 3 N–H and O–H groups in total. The van der Waals surface area contributed by atoms with Crippen LogP contribution < -0.4 is 11.1 Å². The quantitative estimate of drug-likeness (QED) is 0.702. The van der Waals surface area contributed by atoms with Gasteiger partial charge in [-0.25, -0.2) is 4.52 Å². The third-order valence-electron chi connectivity index (χ3n) is 2.99. The van der Waals surface area contributed by atoms with Gasteiger partial charge in [-0.05, 0) is 36.2 Å². The van der Waals surface area contributed by atoms with Crippen molar-refractivity contribution in [2.45, 2.75) is 13.5 Å². The lowest BCUT2D eigenvalue weighted by atomic mass is 10.2. The number of aryl methyl sites for hydroxylation is 1. The normalized spacial score (nSPS) is 10.8. The summed E-state index contributed by atoms with van der Waals surface area (Å²) in [6, 6.07) is 11.7. The van der Waals surface area contributed by atoms with E-state index in [1.807, 2.05) is 49.5 Å². The number of pyridine rings is 1. The SMILES string of the molecule is Cc1cccn2nc(NCc3ccc(N)cc3)nc12. The number of fused-ring (bicyclic) bond motifs is 1. The maximum Gasteiger partial charge on any atom is 0.243 e. The third-order valence-corrected chi connectivity index (χ3v) is 2.99. The van der Waals surface area contributed by atoms with Crippen LogP contribution in [0.3, 0.4) is 0 Å². The van der Waals surface area contributed by atoms with Crippen molar-refractivity contribution in [3.8, 4) is 0 Å². The molecule has 2 heterocycles. The molecule has 0 atom stereocenters. The van der Waals surface area contributed by atoms with E-state index in [-0.39, 0.29) is 0 Å². The molecule has 3 rings (SSSR count). The van der Waals surface area contributed by atoms with Gasteiger partial charge in [0.1, 0.15) is 0 Å². The molecule has 1 aromatic carbocycles. The number of hydrogen-bond donors (Lipinski definition) is 2. The zero-order chi connectivity index (χ0) is 13.2. The predicted octanol–water partition coefficient (Wildman–Crippen LogP) is 2.23. The van der Waals surface area contributed by atoms with Crippen molar-refractivity contribution in [2.75, 3.05) is 11.1 Å². The summed E-state index contributed by atoms with van der Waals surface area (Å²) in [5, 5.41) is 7.59. The first-order valence-corrected chi connectivity index (χ1v) is 6.13. The van der Waals surface area contributed by atoms with Gasteiger partial charge in [0, 0.05) is 18.4 Å². The van der Waals surface area contributed by atoms with E-state index in [2.05, 4.69) is 15.4 Å². The van der Waals surface area contributed by atoms with Gasteiger partial charge in [-0.3, -0.25) is 0 Å². The average molecular weight is 253 g/mol. The molecule has 3 aromatic rings. The van der Waals surface area contributed by atoms with Gasteiger partial charge in [0.2, 0.25) is 5.95 Å². The Hall–Kier alpha value is -2.56. The van der Waals surface area contributed by atoms with Crippen LogP contribution in [0.4, 0.5) is 11.6 Å². The van der Waals surface area contributed by atoms with E-state index in [0.29, 0.717) is 12.5 Å². The van der Waals surface area contributed by atoms with Crippen LogP contribution in [0.15, 0.2) is 42.6 Å². The predicted molar refractivity (Wildman–Crippen MR) is 75.9 cm³/mol. The summed E-state index contributed by atoms with van der Waals surface area (Å²) < 4.78 is 1.78. The van der Waals surface area contributed by atoms with E-state index < -0.39 is 0 Å². The van der Waals surface area contributed by atoms with Gasteiger partial charge in [0.15, 0.2) is 5.65 Å². The Kier molecular flexibility index (Phi) is 2.79. The Labute approximate surface area is 111 Å². The van der Waals surface area contributed by atoms with E-state index in [0.717, 1.165) is 22.5 Å². The van der Waals surface area contributed by atoms with Crippen LogP contribution in [-0.4, -0.2) is 14.6 Å². The van der Waals surface area contributed by atoms with Crippen molar-refractivity contribution in [2.24, 2.45) is 0 Å². The fourth-order valence-corrected chi connectivity index (χ4v) is 1.93. The van der Waals surface area contributed by atoms with Crippen molar-refractivity contribution < 1.29 is 0 Å². The van der Waals surface area contributed by atoms with Gasteiger partial charge >= 0.3 is 0 Å². The van der Waals surface area contributed by atoms with Crippen LogP contribution in [0.25, 0.3) is 5.65 Å². The molecule has 0 radical (unpaired) electrons. The number of anilines is 2. The van der Waals surface area contributed by atoms with E-state index >= 15 is 0 Å². The molecule has 0 bridgehead atoms. The topological polar surface area (TPSA) is 68.2 Å². The van der Waals surface area contributed by atoms with Crippen molar-refractivity contribution >= 4 is 17.3 Å². The second-order valence-corrected chi connectivity index (χ2v) is 4.49. The lowest BCUT2D eigenvalue weighted by molar-refractivity contribution is 0.946. The molecule has 96 valence electrons. The fraction of sp³-hybridized carbons (Fsp3) is 0.143. The van der Waals surface area contributed by atoms with Crippen molar-refractivity contribution in [1.82, 2.24) is 14.6 Å². The lowest BCUT2D eigenvalue weighted by Gasteiger charge is -2.02. The van der Waals surface area contributed by atoms with Crippen molar-refractivity contribution in [1.29, 1.82) is 0 Å². The third kappa shape index (κ3) is 2.35. The number of benzene rings is 1. The van der Waals surface area contributed by atoms with Crippen molar-refractivity contribution in [3.05, 3.63) is 53.7 Å². The molecule has 0 saturated heterocycles. The molecule has 0 spiro atoms. The van der Waals surface area contributed by atoms with Crippen LogP contribution in [0.2, 0.25) is 0 Å². The van der Waals surface area contributed by atoms with Gasteiger partial charge in [-0.2, -0.15) is 4.98 Å². The highest BCUT2D eigenvalue weighted by atomic mass is 15.3. The number of hydrogen-bond acceptors (Lipinski definition) is 4. The second kappa shape index (κ2) is 4.61. The van der Waals surface area contributed by atoms with Crippen LogP contribution in [0.5, 0.6) is 0 Å².